The largest absolute Gasteiger partial charge is 0.496 e. The number of benzene rings is 1. The maximum atomic E-state index is 5.39. The van der Waals surface area contributed by atoms with Gasteiger partial charge in [0.1, 0.15) is 11.6 Å². The monoisotopic (exact) mass is 270 g/mol. The van der Waals surface area contributed by atoms with Gasteiger partial charge in [-0.1, -0.05) is 24.3 Å². The predicted molar refractivity (Wildman–Crippen MR) is 77.6 cm³/mol. The Balaban J connectivity index is 1.94. The third-order valence-electron chi connectivity index (χ3n) is 2.99. The lowest BCUT2D eigenvalue weighted by atomic mass is 10.2. The third-order valence-corrected chi connectivity index (χ3v) is 3.86. The molecule has 0 spiro atoms. The van der Waals surface area contributed by atoms with Crippen molar-refractivity contribution in [1.29, 1.82) is 0 Å². The van der Waals surface area contributed by atoms with Gasteiger partial charge in [0.2, 0.25) is 0 Å². The lowest BCUT2D eigenvalue weighted by molar-refractivity contribution is 0.408. The van der Waals surface area contributed by atoms with E-state index in [2.05, 4.69) is 27.1 Å². The molecule has 19 heavy (non-hydrogen) atoms. The van der Waals surface area contributed by atoms with Gasteiger partial charge < -0.3 is 9.30 Å². The van der Waals surface area contributed by atoms with Crippen LogP contribution in [0.2, 0.25) is 0 Å². The fourth-order valence-electron chi connectivity index (χ4n) is 2.08. The zero-order chi connectivity index (χ0) is 13.1. The molecule has 3 rings (SSSR count). The molecule has 3 nitrogen and oxygen atoms in total. The van der Waals surface area contributed by atoms with Crippen molar-refractivity contribution >= 4 is 11.3 Å². The Morgan fingerprint density at radius 3 is 2.89 bits per heavy atom. The Kier molecular flexibility index (Phi) is 3.33. The molecule has 0 saturated heterocycles. The highest BCUT2D eigenvalue weighted by molar-refractivity contribution is 7.13. The summed E-state index contributed by atoms with van der Waals surface area (Å²) >= 11 is 1.70. The maximum absolute atomic E-state index is 5.39. The molecule has 0 fully saturated rings. The van der Waals surface area contributed by atoms with Crippen LogP contribution in [0.5, 0.6) is 5.75 Å². The highest BCUT2D eigenvalue weighted by Crippen LogP contribution is 2.25. The number of imidazole rings is 1. The highest BCUT2D eigenvalue weighted by atomic mass is 32.1. The van der Waals surface area contributed by atoms with Crippen LogP contribution in [-0.2, 0) is 6.54 Å². The summed E-state index contributed by atoms with van der Waals surface area (Å²) in [5.74, 6) is 1.91. The maximum Gasteiger partial charge on any atom is 0.150 e. The van der Waals surface area contributed by atoms with Crippen LogP contribution < -0.4 is 4.74 Å². The lowest BCUT2D eigenvalue weighted by Gasteiger charge is -2.10. The molecular weight excluding hydrogens is 256 g/mol. The first kappa shape index (κ1) is 12.0. The zero-order valence-electron chi connectivity index (χ0n) is 10.6. The molecule has 0 N–H and O–H groups in total. The first-order valence-corrected chi connectivity index (χ1v) is 6.93. The van der Waals surface area contributed by atoms with Gasteiger partial charge in [-0.3, -0.25) is 0 Å². The Morgan fingerprint density at radius 1 is 1.21 bits per heavy atom. The average molecular weight is 270 g/mol. The molecule has 2 heterocycles. The Hall–Kier alpha value is -2.07. The molecule has 0 aliphatic rings. The van der Waals surface area contributed by atoms with E-state index in [1.165, 1.54) is 4.88 Å². The summed E-state index contributed by atoms with van der Waals surface area (Å²) in [6.07, 6.45) is 3.84. The topological polar surface area (TPSA) is 27.1 Å². The van der Waals surface area contributed by atoms with Gasteiger partial charge in [-0.2, -0.15) is 0 Å². The summed E-state index contributed by atoms with van der Waals surface area (Å²) in [4.78, 5) is 5.62. The van der Waals surface area contributed by atoms with Gasteiger partial charge in [0.05, 0.1) is 18.5 Å². The lowest BCUT2D eigenvalue weighted by Crippen LogP contribution is -2.02. The fourth-order valence-corrected chi connectivity index (χ4v) is 2.82. The van der Waals surface area contributed by atoms with Crippen LogP contribution in [-0.4, -0.2) is 16.7 Å². The molecule has 3 aromatic rings. The van der Waals surface area contributed by atoms with Gasteiger partial charge in [-0.15, -0.1) is 11.3 Å². The van der Waals surface area contributed by atoms with Crippen molar-refractivity contribution in [2.75, 3.05) is 7.11 Å². The highest BCUT2D eigenvalue weighted by Gasteiger charge is 2.09. The van der Waals surface area contributed by atoms with Gasteiger partial charge in [-0.05, 0) is 17.5 Å². The number of hydrogen-bond donors (Lipinski definition) is 0. The van der Waals surface area contributed by atoms with Gasteiger partial charge in [0.15, 0.2) is 0 Å². The Morgan fingerprint density at radius 2 is 2.11 bits per heavy atom. The van der Waals surface area contributed by atoms with Gasteiger partial charge in [0.25, 0.3) is 0 Å². The Bertz CT molecular complexity index is 658. The molecule has 0 aliphatic carbocycles. The van der Waals surface area contributed by atoms with E-state index in [0.29, 0.717) is 0 Å². The number of ether oxygens (including phenoxy) is 1. The number of aromatic nitrogens is 2. The summed E-state index contributed by atoms with van der Waals surface area (Å²) in [6, 6.07) is 12.2. The quantitative estimate of drug-likeness (QED) is 0.723. The van der Waals surface area contributed by atoms with E-state index in [-0.39, 0.29) is 0 Å². The van der Waals surface area contributed by atoms with Crippen molar-refractivity contribution in [3.05, 3.63) is 59.7 Å². The smallest absolute Gasteiger partial charge is 0.150 e. The van der Waals surface area contributed by atoms with E-state index in [9.17, 15) is 0 Å². The summed E-state index contributed by atoms with van der Waals surface area (Å²) in [5.41, 5.74) is 1.15. The Labute approximate surface area is 116 Å². The second kappa shape index (κ2) is 5.28. The number of nitrogens with zero attached hydrogens (tertiary/aromatic N) is 2. The van der Waals surface area contributed by atoms with E-state index < -0.39 is 0 Å². The third kappa shape index (κ3) is 2.39. The van der Waals surface area contributed by atoms with Crippen LogP contribution in [0.1, 0.15) is 5.56 Å². The van der Waals surface area contributed by atoms with Crippen LogP contribution in [0.15, 0.2) is 54.2 Å². The van der Waals surface area contributed by atoms with E-state index in [4.69, 9.17) is 4.74 Å². The van der Waals surface area contributed by atoms with Crippen molar-refractivity contribution < 1.29 is 4.74 Å². The number of methoxy groups -OCH3 is 1. The summed E-state index contributed by atoms with van der Waals surface area (Å²) in [7, 11) is 1.70. The molecule has 0 unspecified atom stereocenters. The SMILES string of the molecule is COc1ccccc1Cn1ccnc1-c1cccs1. The molecule has 0 saturated carbocycles. The molecule has 0 atom stereocenters. The van der Waals surface area contributed by atoms with Crippen molar-refractivity contribution in [3.63, 3.8) is 0 Å². The normalized spacial score (nSPS) is 10.6. The first-order chi connectivity index (χ1) is 9.38. The van der Waals surface area contributed by atoms with Crippen molar-refractivity contribution in [3.8, 4) is 16.5 Å². The second-order valence-corrected chi connectivity index (χ2v) is 5.12. The summed E-state index contributed by atoms with van der Waals surface area (Å²) < 4.78 is 7.54. The van der Waals surface area contributed by atoms with Crippen LogP contribution >= 0.6 is 11.3 Å². The van der Waals surface area contributed by atoms with Gasteiger partial charge in [-0.25, -0.2) is 4.98 Å². The molecule has 0 radical (unpaired) electrons. The molecule has 4 heteroatoms. The minimum atomic E-state index is 0.761. The number of rotatable bonds is 4. The van der Waals surface area contributed by atoms with Crippen LogP contribution in [0.3, 0.4) is 0 Å². The number of para-hydroxylation sites is 1. The molecule has 0 bridgehead atoms. The number of thiophene rings is 1. The molecule has 0 aliphatic heterocycles. The standard InChI is InChI=1S/C15H14N2OS/c1-18-13-6-3-2-5-12(13)11-17-9-8-16-15(17)14-7-4-10-19-14/h2-10H,11H2,1H3. The summed E-state index contributed by atoms with van der Waals surface area (Å²) in [5, 5.41) is 2.07. The number of hydrogen-bond acceptors (Lipinski definition) is 3. The zero-order valence-corrected chi connectivity index (χ0v) is 11.4. The molecule has 1 aromatic carbocycles. The van der Waals surface area contributed by atoms with Crippen molar-refractivity contribution in [1.82, 2.24) is 9.55 Å². The van der Waals surface area contributed by atoms with Crippen molar-refractivity contribution in [2.24, 2.45) is 0 Å². The van der Waals surface area contributed by atoms with E-state index in [0.717, 1.165) is 23.7 Å². The predicted octanol–water partition coefficient (Wildman–Crippen LogP) is 3.67. The minimum Gasteiger partial charge on any atom is -0.496 e. The second-order valence-electron chi connectivity index (χ2n) is 4.17. The van der Waals surface area contributed by atoms with Gasteiger partial charge in [0, 0.05) is 18.0 Å². The van der Waals surface area contributed by atoms with Crippen LogP contribution in [0.25, 0.3) is 10.7 Å². The average Bonchev–Trinajstić information content (AvgIpc) is 3.09. The van der Waals surface area contributed by atoms with Crippen LogP contribution in [0.4, 0.5) is 0 Å². The van der Waals surface area contributed by atoms with Crippen LogP contribution in [0, 0.1) is 0 Å². The van der Waals surface area contributed by atoms with E-state index >= 15 is 0 Å². The van der Waals surface area contributed by atoms with Crippen molar-refractivity contribution in [2.45, 2.75) is 6.54 Å². The fraction of sp³-hybridized carbons (Fsp3) is 0.133. The summed E-state index contributed by atoms with van der Waals surface area (Å²) in [6.45, 7) is 0.761. The minimum absolute atomic E-state index is 0.761. The van der Waals surface area contributed by atoms with E-state index in [1.807, 2.05) is 36.7 Å². The first-order valence-electron chi connectivity index (χ1n) is 6.05. The molecule has 2 aromatic heterocycles. The van der Waals surface area contributed by atoms with Gasteiger partial charge >= 0.3 is 0 Å². The molecular formula is C15H14N2OS. The molecule has 96 valence electrons. The molecule has 0 amide bonds. The van der Waals surface area contributed by atoms with E-state index in [1.54, 1.807) is 18.4 Å².